The monoisotopic (exact) mass is 309 g/mol. The van der Waals surface area contributed by atoms with E-state index in [1.54, 1.807) is 6.92 Å². The molecule has 23 heavy (non-hydrogen) atoms. The molecule has 0 aliphatic carbocycles. The molecular weight excluding hydrogens is 288 g/mol. The summed E-state index contributed by atoms with van der Waals surface area (Å²) in [5.74, 6) is 0. The Balaban J connectivity index is 2.24. The first-order valence-corrected chi connectivity index (χ1v) is 7.82. The largest absolute Gasteiger partial charge is 0.618 e. The van der Waals surface area contributed by atoms with Gasteiger partial charge in [-0.05, 0) is 31.2 Å². The molecule has 2 aromatic carbocycles. The third-order valence-electron chi connectivity index (χ3n) is 4.52. The Bertz CT molecular complexity index is 792. The van der Waals surface area contributed by atoms with Crippen LogP contribution in [0.15, 0.2) is 54.6 Å². The van der Waals surface area contributed by atoms with Crippen molar-refractivity contribution in [2.75, 3.05) is 0 Å². The molecule has 0 radical (unpaired) electrons. The highest BCUT2D eigenvalue weighted by Crippen LogP contribution is 2.31. The van der Waals surface area contributed by atoms with Gasteiger partial charge in [0.05, 0.1) is 22.8 Å². The predicted octanol–water partition coefficient (Wildman–Crippen LogP) is 3.43. The summed E-state index contributed by atoms with van der Waals surface area (Å²) < 4.78 is 2.04. The molecular formula is C19H21N2O2+. The van der Waals surface area contributed by atoms with E-state index in [0.717, 1.165) is 26.2 Å². The molecule has 3 rings (SSSR count). The number of nitrogens with zero attached hydrogens (tertiary/aromatic N) is 2. The van der Waals surface area contributed by atoms with Crippen molar-refractivity contribution in [3.63, 3.8) is 0 Å². The van der Waals surface area contributed by atoms with E-state index in [0.29, 0.717) is 17.8 Å². The molecule has 0 amide bonds. The average molecular weight is 309 g/mol. The highest BCUT2D eigenvalue weighted by molar-refractivity contribution is 6.44. The molecule has 0 bridgehead atoms. The molecule has 1 aliphatic rings. The lowest BCUT2D eigenvalue weighted by Crippen LogP contribution is -2.40. The molecule has 0 saturated carbocycles. The van der Waals surface area contributed by atoms with Crippen LogP contribution in [-0.4, -0.2) is 26.1 Å². The number of aryl methyl sites for hydroxylation is 1. The van der Waals surface area contributed by atoms with Gasteiger partial charge in [0.15, 0.2) is 0 Å². The van der Waals surface area contributed by atoms with Crippen LogP contribution in [0.4, 0.5) is 0 Å². The van der Waals surface area contributed by atoms with E-state index >= 15 is 0 Å². The van der Waals surface area contributed by atoms with Gasteiger partial charge in [0.25, 0.3) is 5.71 Å². The standard InChI is InChI=1S/C19H21N2O2/c1-4-17-18(15-8-6-5-7-9-15)21(23)19(3,20(17)22)16-12-10-14(2)11-13-16/h5-13,23H,4H2,1-3H3/q+1/t19-/m1/s1. The van der Waals surface area contributed by atoms with Crippen LogP contribution in [0, 0.1) is 12.1 Å². The number of rotatable bonds is 3. The van der Waals surface area contributed by atoms with Crippen LogP contribution in [0.25, 0.3) is 0 Å². The van der Waals surface area contributed by atoms with Crippen molar-refractivity contribution in [3.05, 3.63) is 76.5 Å². The maximum absolute atomic E-state index is 13.0. The molecule has 1 aliphatic heterocycles. The van der Waals surface area contributed by atoms with Crippen molar-refractivity contribution < 1.29 is 14.7 Å². The van der Waals surface area contributed by atoms with Crippen LogP contribution in [0.2, 0.25) is 0 Å². The summed E-state index contributed by atoms with van der Waals surface area (Å²) in [5, 5.41) is 23.9. The van der Waals surface area contributed by atoms with Crippen molar-refractivity contribution in [2.24, 2.45) is 0 Å². The van der Waals surface area contributed by atoms with Crippen LogP contribution in [0.1, 0.15) is 37.0 Å². The minimum absolute atomic E-state index is 0.548. The van der Waals surface area contributed by atoms with E-state index in [-0.39, 0.29) is 0 Å². The van der Waals surface area contributed by atoms with Gasteiger partial charge in [-0.2, -0.15) is 0 Å². The molecule has 4 nitrogen and oxygen atoms in total. The summed E-state index contributed by atoms with van der Waals surface area (Å²) in [6, 6.07) is 17.2. The Morgan fingerprint density at radius 3 is 2.22 bits per heavy atom. The maximum Gasteiger partial charge on any atom is 0.431 e. The zero-order valence-corrected chi connectivity index (χ0v) is 13.7. The first-order chi connectivity index (χ1) is 11.0. The number of hydroxylamine groups is 2. The van der Waals surface area contributed by atoms with E-state index in [1.165, 1.54) is 0 Å². The normalized spacial score (nSPS) is 21.2. The SMILES string of the molecule is CCC1=[N+]([O-])[C@@](C)(c2ccc(C)cc2)[N+](O)=C1c1ccccc1. The van der Waals surface area contributed by atoms with E-state index < -0.39 is 5.66 Å². The van der Waals surface area contributed by atoms with E-state index in [9.17, 15) is 10.4 Å². The summed E-state index contributed by atoms with van der Waals surface area (Å²) >= 11 is 0. The van der Waals surface area contributed by atoms with E-state index in [2.05, 4.69) is 0 Å². The van der Waals surface area contributed by atoms with Crippen LogP contribution < -0.4 is 0 Å². The van der Waals surface area contributed by atoms with Gasteiger partial charge < -0.3 is 5.21 Å². The molecule has 0 aromatic heterocycles. The lowest BCUT2D eigenvalue weighted by atomic mass is 10.0. The molecule has 0 spiro atoms. The first kappa shape index (κ1) is 15.3. The zero-order chi connectivity index (χ0) is 16.6. The smallest absolute Gasteiger partial charge is 0.431 e. The van der Waals surface area contributed by atoms with Gasteiger partial charge >= 0.3 is 11.4 Å². The van der Waals surface area contributed by atoms with Gasteiger partial charge in [-0.3, -0.25) is 5.21 Å². The topological polar surface area (TPSA) is 49.3 Å². The Labute approximate surface area is 136 Å². The Morgan fingerprint density at radius 2 is 1.65 bits per heavy atom. The first-order valence-electron chi connectivity index (χ1n) is 7.82. The highest BCUT2D eigenvalue weighted by atomic mass is 16.5. The fraction of sp³-hybridized carbons (Fsp3) is 0.263. The highest BCUT2D eigenvalue weighted by Gasteiger charge is 2.59. The second-order valence-corrected chi connectivity index (χ2v) is 6.01. The molecule has 2 aromatic rings. The second-order valence-electron chi connectivity index (χ2n) is 6.01. The fourth-order valence-corrected chi connectivity index (χ4v) is 3.09. The van der Waals surface area contributed by atoms with Crippen molar-refractivity contribution in [2.45, 2.75) is 32.9 Å². The molecule has 1 N–H and O–H groups in total. The van der Waals surface area contributed by atoms with E-state index in [1.807, 2.05) is 68.4 Å². The molecule has 4 heteroatoms. The molecule has 0 saturated heterocycles. The minimum atomic E-state index is -1.16. The molecule has 0 unspecified atom stereocenters. The Morgan fingerprint density at radius 1 is 1.04 bits per heavy atom. The zero-order valence-electron chi connectivity index (χ0n) is 13.7. The quantitative estimate of drug-likeness (QED) is 0.536. The summed E-state index contributed by atoms with van der Waals surface area (Å²) in [6.07, 6.45) is 0.548. The van der Waals surface area contributed by atoms with Crippen LogP contribution in [0.5, 0.6) is 0 Å². The second kappa shape index (κ2) is 5.54. The lowest BCUT2D eigenvalue weighted by molar-refractivity contribution is -0.930. The molecule has 1 heterocycles. The van der Waals surface area contributed by atoms with Crippen molar-refractivity contribution in [3.8, 4) is 0 Å². The van der Waals surface area contributed by atoms with Crippen LogP contribution >= 0.6 is 0 Å². The average Bonchev–Trinajstić information content (AvgIpc) is 2.77. The van der Waals surface area contributed by atoms with Gasteiger partial charge in [-0.15, -0.1) is 4.74 Å². The third kappa shape index (κ3) is 2.22. The summed E-state index contributed by atoms with van der Waals surface area (Å²) in [6.45, 7) is 5.67. The predicted molar refractivity (Wildman–Crippen MR) is 90.1 cm³/mol. The fourth-order valence-electron chi connectivity index (χ4n) is 3.09. The van der Waals surface area contributed by atoms with Crippen molar-refractivity contribution in [1.29, 1.82) is 0 Å². The number of hydrogen-bond donors (Lipinski definition) is 1. The van der Waals surface area contributed by atoms with Crippen LogP contribution in [0.3, 0.4) is 0 Å². The van der Waals surface area contributed by atoms with Gasteiger partial charge in [0.2, 0.25) is 0 Å². The summed E-state index contributed by atoms with van der Waals surface area (Å²) in [5.41, 5.74) is 2.71. The van der Waals surface area contributed by atoms with Gasteiger partial charge in [-0.1, -0.05) is 42.8 Å². The summed E-state index contributed by atoms with van der Waals surface area (Å²) in [7, 11) is 0. The minimum Gasteiger partial charge on any atom is -0.618 e. The van der Waals surface area contributed by atoms with Crippen molar-refractivity contribution in [1.82, 2.24) is 0 Å². The summed E-state index contributed by atoms with van der Waals surface area (Å²) in [4.78, 5) is 0. The molecule has 0 fully saturated rings. The Kier molecular flexibility index (Phi) is 3.68. The number of hydrogen-bond acceptors (Lipinski definition) is 2. The van der Waals surface area contributed by atoms with Gasteiger partial charge in [0, 0.05) is 6.42 Å². The van der Waals surface area contributed by atoms with Crippen LogP contribution in [-0.2, 0) is 5.66 Å². The number of benzene rings is 2. The van der Waals surface area contributed by atoms with E-state index in [4.69, 9.17) is 0 Å². The van der Waals surface area contributed by atoms with Crippen molar-refractivity contribution >= 4 is 11.4 Å². The molecule has 1 atom stereocenters. The lowest BCUT2D eigenvalue weighted by Gasteiger charge is -2.17. The van der Waals surface area contributed by atoms with Gasteiger partial charge in [-0.25, -0.2) is 0 Å². The van der Waals surface area contributed by atoms with Gasteiger partial charge in [0.1, 0.15) is 0 Å². The third-order valence-corrected chi connectivity index (χ3v) is 4.52. The maximum atomic E-state index is 13.0. The molecule has 118 valence electrons. The Hall–Kier alpha value is -2.62.